The third-order valence-corrected chi connectivity index (χ3v) is 2.94. The first kappa shape index (κ1) is 8.74. The Bertz CT molecular complexity index is 106. The van der Waals surface area contributed by atoms with E-state index < -0.39 is 0 Å². The van der Waals surface area contributed by atoms with Gasteiger partial charge < -0.3 is 0 Å². The molecule has 0 bridgehead atoms. The Hall–Kier alpha value is 0.650. The van der Waals surface area contributed by atoms with Crippen LogP contribution >= 0.6 is 22.9 Å². The molecular formula is C7H15IN2. The van der Waals surface area contributed by atoms with Crippen LogP contribution in [0.25, 0.3) is 0 Å². The van der Waals surface area contributed by atoms with Crippen LogP contribution in [0.15, 0.2) is 0 Å². The van der Waals surface area contributed by atoms with Gasteiger partial charge in [-0.05, 0) is 26.8 Å². The molecule has 0 spiro atoms. The minimum atomic E-state index is 0.770. The predicted octanol–water partition coefficient (Wildman–Crippen LogP) is 1.41. The van der Waals surface area contributed by atoms with E-state index in [9.17, 15) is 0 Å². The van der Waals surface area contributed by atoms with Crippen LogP contribution in [0.2, 0.25) is 0 Å². The summed E-state index contributed by atoms with van der Waals surface area (Å²) in [5, 5.41) is 0. The normalized spacial score (nSPS) is 35.1. The molecule has 1 aliphatic heterocycles. The summed E-state index contributed by atoms with van der Waals surface area (Å²) < 4.78 is 3.19. The van der Waals surface area contributed by atoms with Gasteiger partial charge in [-0.3, -0.25) is 8.43 Å². The van der Waals surface area contributed by atoms with Crippen molar-refractivity contribution < 1.29 is 0 Å². The Morgan fingerprint density at radius 3 is 2.70 bits per heavy atom. The smallest absolute Gasteiger partial charge is 0.0229 e. The molecule has 1 heterocycles. The molecule has 60 valence electrons. The van der Waals surface area contributed by atoms with Gasteiger partial charge in [-0.25, -0.2) is 0 Å². The third-order valence-electron chi connectivity index (χ3n) is 2.50. The van der Waals surface area contributed by atoms with Gasteiger partial charge in [0.05, 0.1) is 0 Å². The molecule has 2 atom stereocenters. The van der Waals surface area contributed by atoms with Gasteiger partial charge in [0.25, 0.3) is 0 Å². The largest absolute Gasteiger partial charge is 0.299 e. The van der Waals surface area contributed by atoms with Crippen LogP contribution in [0.3, 0.4) is 0 Å². The molecule has 2 nitrogen and oxygen atoms in total. The molecule has 1 aliphatic rings. The number of likely N-dealkylation sites (tertiary alicyclic amines) is 1. The summed E-state index contributed by atoms with van der Waals surface area (Å²) in [6.07, 6.45) is 2.72. The molecular weight excluding hydrogens is 239 g/mol. The number of nitrogens with one attached hydrogen (secondary N) is 1. The van der Waals surface area contributed by atoms with Gasteiger partial charge >= 0.3 is 0 Å². The first-order valence-electron chi connectivity index (χ1n) is 3.81. The minimum Gasteiger partial charge on any atom is -0.299 e. The van der Waals surface area contributed by atoms with Gasteiger partial charge in [-0.15, -0.1) is 0 Å². The lowest BCUT2D eigenvalue weighted by molar-refractivity contribution is 0.256. The molecule has 1 fully saturated rings. The molecule has 0 aromatic rings. The average Bonchev–Trinajstić information content (AvgIpc) is 2.20. The lowest BCUT2D eigenvalue weighted by Crippen LogP contribution is -2.35. The zero-order chi connectivity index (χ0) is 7.56. The highest BCUT2D eigenvalue weighted by molar-refractivity contribution is 14.1. The standard InChI is InChI=1S/C7H15IN2/c1-6-3-4-7(5-9-8)10(6)2/h6-7,9H,3-5H2,1-2H3. The minimum absolute atomic E-state index is 0.770. The van der Waals surface area contributed by atoms with Crippen LogP contribution in [0.4, 0.5) is 0 Å². The van der Waals surface area contributed by atoms with E-state index in [-0.39, 0.29) is 0 Å². The first-order valence-corrected chi connectivity index (χ1v) is 4.89. The number of rotatable bonds is 2. The SMILES string of the molecule is CC1CCC(CNI)N1C. The highest BCUT2D eigenvalue weighted by Gasteiger charge is 2.25. The number of hydrogen-bond acceptors (Lipinski definition) is 2. The number of likely N-dealkylation sites (N-methyl/N-ethyl adjacent to an activating group) is 1. The lowest BCUT2D eigenvalue weighted by Gasteiger charge is -2.22. The summed E-state index contributed by atoms with van der Waals surface area (Å²) in [5.41, 5.74) is 0. The van der Waals surface area contributed by atoms with E-state index in [0.29, 0.717) is 0 Å². The van der Waals surface area contributed by atoms with Crippen LogP contribution in [-0.4, -0.2) is 30.6 Å². The van der Waals surface area contributed by atoms with Gasteiger partial charge in [0.15, 0.2) is 0 Å². The topological polar surface area (TPSA) is 15.3 Å². The number of halogens is 1. The van der Waals surface area contributed by atoms with Crippen LogP contribution < -0.4 is 3.53 Å². The maximum absolute atomic E-state index is 3.19. The van der Waals surface area contributed by atoms with Crippen molar-refractivity contribution in [3.05, 3.63) is 0 Å². The molecule has 0 radical (unpaired) electrons. The molecule has 3 heteroatoms. The van der Waals surface area contributed by atoms with E-state index in [4.69, 9.17) is 0 Å². The summed E-state index contributed by atoms with van der Waals surface area (Å²) in [5.74, 6) is 0. The van der Waals surface area contributed by atoms with Gasteiger partial charge in [0.2, 0.25) is 0 Å². The highest BCUT2D eigenvalue weighted by Crippen LogP contribution is 2.20. The van der Waals surface area contributed by atoms with Crippen molar-refractivity contribution in [2.45, 2.75) is 31.8 Å². The third kappa shape index (κ3) is 1.83. The molecule has 10 heavy (non-hydrogen) atoms. The summed E-state index contributed by atoms with van der Waals surface area (Å²) in [6, 6.07) is 1.56. The Labute approximate surface area is 76.9 Å². The predicted molar refractivity (Wildman–Crippen MR) is 52.3 cm³/mol. The van der Waals surface area contributed by atoms with E-state index >= 15 is 0 Å². The number of nitrogens with zero attached hydrogens (tertiary/aromatic N) is 1. The van der Waals surface area contributed by atoms with E-state index in [1.807, 2.05) is 0 Å². The maximum atomic E-state index is 3.19. The van der Waals surface area contributed by atoms with Crippen molar-refractivity contribution in [3.63, 3.8) is 0 Å². The van der Waals surface area contributed by atoms with E-state index in [0.717, 1.165) is 18.6 Å². The van der Waals surface area contributed by atoms with Crippen LogP contribution in [0, 0.1) is 0 Å². The van der Waals surface area contributed by atoms with Gasteiger partial charge in [0.1, 0.15) is 0 Å². The molecule has 0 aromatic heterocycles. The van der Waals surface area contributed by atoms with E-state index in [1.54, 1.807) is 0 Å². The fourth-order valence-corrected chi connectivity index (χ4v) is 2.04. The van der Waals surface area contributed by atoms with Crippen molar-refractivity contribution in [2.24, 2.45) is 0 Å². The van der Waals surface area contributed by atoms with Gasteiger partial charge in [-0.2, -0.15) is 0 Å². The molecule has 0 amide bonds. The van der Waals surface area contributed by atoms with Crippen LogP contribution in [-0.2, 0) is 0 Å². The number of hydrogen-bond donors (Lipinski definition) is 1. The summed E-state index contributed by atoms with van der Waals surface area (Å²) in [6.45, 7) is 3.43. The Morgan fingerprint density at radius 2 is 2.30 bits per heavy atom. The zero-order valence-corrected chi connectivity index (χ0v) is 8.76. The average molecular weight is 254 g/mol. The molecule has 1 N–H and O–H groups in total. The van der Waals surface area contributed by atoms with Gasteiger partial charge in [0, 0.05) is 41.5 Å². The Morgan fingerprint density at radius 1 is 1.60 bits per heavy atom. The fourth-order valence-electron chi connectivity index (χ4n) is 1.54. The second-order valence-corrected chi connectivity index (χ2v) is 3.85. The van der Waals surface area contributed by atoms with Crippen molar-refractivity contribution in [2.75, 3.05) is 13.6 Å². The first-order chi connectivity index (χ1) is 4.75. The second kappa shape index (κ2) is 3.88. The molecule has 0 aliphatic carbocycles. The summed E-state index contributed by atoms with van der Waals surface area (Å²) >= 11 is 2.22. The van der Waals surface area contributed by atoms with Crippen LogP contribution in [0.5, 0.6) is 0 Å². The van der Waals surface area contributed by atoms with Gasteiger partial charge in [-0.1, -0.05) is 0 Å². The van der Waals surface area contributed by atoms with Crippen molar-refractivity contribution in [3.8, 4) is 0 Å². The van der Waals surface area contributed by atoms with Crippen molar-refractivity contribution >= 4 is 22.9 Å². The summed E-state index contributed by atoms with van der Waals surface area (Å²) in [4.78, 5) is 2.46. The van der Waals surface area contributed by atoms with Crippen LogP contribution in [0.1, 0.15) is 19.8 Å². The highest BCUT2D eigenvalue weighted by atomic mass is 127. The molecule has 0 saturated carbocycles. The van der Waals surface area contributed by atoms with E-state index in [2.05, 4.69) is 45.3 Å². The zero-order valence-electron chi connectivity index (χ0n) is 6.60. The fraction of sp³-hybridized carbons (Fsp3) is 1.00. The Kier molecular flexibility index (Phi) is 3.39. The summed E-state index contributed by atoms with van der Waals surface area (Å²) in [7, 11) is 2.22. The van der Waals surface area contributed by atoms with Crippen molar-refractivity contribution in [1.29, 1.82) is 0 Å². The second-order valence-electron chi connectivity index (χ2n) is 3.08. The molecule has 0 aromatic carbocycles. The Balaban J connectivity index is 2.33. The van der Waals surface area contributed by atoms with Crippen molar-refractivity contribution in [1.82, 2.24) is 8.43 Å². The molecule has 1 rings (SSSR count). The maximum Gasteiger partial charge on any atom is 0.0229 e. The quantitative estimate of drug-likeness (QED) is 0.592. The lowest BCUT2D eigenvalue weighted by atomic mass is 10.2. The van der Waals surface area contributed by atoms with E-state index in [1.165, 1.54) is 12.8 Å². The molecule has 2 unspecified atom stereocenters. The monoisotopic (exact) mass is 254 g/mol. The molecule has 1 saturated heterocycles.